The molecule has 2 saturated heterocycles. The predicted octanol–water partition coefficient (Wildman–Crippen LogP) is 1.48. The van der Waals surface area contributed by atoms with E-state index in [1.165, 1.54) is 44.9 Å². The average molecular weight is 282 g/mol. The van der Waals surface area contributed by atoms with Gasteiger partial charge in [-0.15, -0.1) is 0 Å². The van der Waals surface area contributed by atoms with Crippen molar-refractivity contribution in [3.8, 4) is 0 Å². The van der Waals surface area contributed by atoms with Crippen LogP contribution in [0.15, 0.2) is 0 Å². The van der Waals surface area contributed by atoms with Gasteiger partial charge < -0.3 is 9.84 Å². The van der Waals surface area contributed by atoms with Crippen molar-refractivity contribution in [1.29, 1.82) is 0 Å². The molecule has 0 aromatic heterocycles. The Morgan fingerprint density at radius 2 is 1.65 bits per heavy atom. The highest BCUT2D eigenvalue weighted by Crippen LogP contribution is 2.42. The molecule has 2 aliphatic heterocycles. The Kier molecular flexibility index (Phi) is 4.97. The Labute approximate surface area is 123 Å². The molecular formula is C16H30N2O2. The van der Waals surface area contributed by atoms with Gasteiger partial charge in [0.15, 0.2) is 0 Å². The molecule has 0 amide bonds. The van der Waals surface area contributed by atoms with Crippen LogP contribution in [0, 0.1) is 0 Å². The van der Waals surface area contributed by atoms with E-state index in [-0.39, 0.29) is 12.2 Å². The maximum atomic E-state index is 8.98. The lowest BCUT2D eigenvalue weighted by Crippen LogP contribution is -2.49. The van der Waals surface area contributed by atoms with E-state index < -0.39 is 0 Å². The van der Waals surface area contributed by atoms with Gasteiger partial charge >= 0.3 is 0 Å². The molecule has 0 radical (unpaired) electrons. The maximum absolute atomic E-state index is 8.98. The minimum Gasteiger partial charge on any atom is -0.395 e. The molecule has 0 bridgehead atoms. The molecule has 0 aromatic rings. The molecule has 1 saturated carbocycles. The van der Waals surface area contributed by atoms with Crippen LogP contribution in [0.4, 0.5) is 0 Å². The first kappa shape index (κ1) is 14.8. The topological polar surface area (TPSA) is 35.9 Å². The zero-order chi connectivity index (χ0) is 13.8. The number of piperazine rings is 1. The molecule has 3 aliphatic rings. The van der Waals surface area contributed by atoms with Crippen molar-refractivity contribution in [2.45, 2.75) is 56.7 Å². The zero-order valence-corrected chi connectivity index (χ0v) is 12.7. The molecule has 3 fully saturated rings. The molecule has 116 valence electrons. The van der Waals surface area contributed by atoms with Crippen LogP contribution in [0.3, 0.4) is 0 Å². The van der Waals surface area contributed by atoms with Crippen molar-refractivity contribution in [2.75, 3.05) is 45.9 Å². The molecule has 0 aromatic carbocycles. The highest BCUT2D eigenvalue weighted by molar-refractivity contribution is 4.92. The SMILES string of the molecule is OCCN1CCN(CC2CCC3(CCCCC3)O2)CC1. The summed E-state index contributed by atoms with van der Waals surface area (Å²) in [6.45, 7) is 6.69. The molecule has 4 heteroatoms. The van der Waals surface area contributed by atoms with Crippen molar-refractivity contribution in [2.24, 2.45) is 0 Å². The highest BCUT2D eigenvalue weighted by atomic mass is 16.5. The highest BCUT2D eigenvalue weighted by Gasteiger charge is 2.41. The van der Waals surface area contributed by atoms with Gasteiger partial charge in [0, 0.05) is 39.3 Å². The summed E-state index contributed by atoms with van der Waals surface area (Å²) in [7, 11) is 0. The van der Waals surface area contributed by atoms with E-state index in [4.69, 9.17) is 9.84 Å². The quantitative estimate of drug-likeness (QED) is 0.847. The van der Waals surface area contributed by atoms with E-state index in [0.717, 1.165) is 39.3 Å². The number of aliphatic hydroxyl groups excluding tert-OH is 1. The van der Waals surface area contributed by atoms with Crippen LogP contribution in [0.1, 0.15) is 44.9 Å². The van der Waals surface area contributed by atoms with E-state index in [2.05, 4.69) is 9.80 Å². The average Bonchev–Trinajstić information content (AvgIpc) is 2.85. The lowest BCUT2D eigenvalue weighted by atomic mass is 9.83. The fraction of sp³-hybridized carbons (Fsp3) is 1.00. The molecule has 1 atom stereocenters. The summed E-state index contributed by atoms with van der Waals surface area (Å²) < 4.78 is 6.47. The second-order valence-corrected chi connectivity index (χ2v) is 6.89. The minimum absolute atomic E-state index is 0.266. The summed E-state index contributed by atoms with van der Waals surface area (Å²) in [5, 5.41) is 8.98. The van der Waals surface area contributed by atoms with E-state index in [1.54, 1.807) is 0 Å². The van der Waals surface area contributed by atoms with Crippen LogP contribution in [0.5, 0.6) is 0 Å². The van der Waals surface area contributed by atoms with Crippen LogP contribution in [-0.4, -0.2) is 72.5 Å². The Morgan fingerprint density at radius 3 is 2.35 bits per heavy atom. The fourth-order valence-corrected chi connectivity index (χ4v) is 4.21. The summed E-state index contributed by atoms with van der Waals surface area (Å²) >= 11 is 0. The van der Waals surface area contributed by atoms with Crippen LogP contribution in [0.2, 0.25) is 0 Å². The molecule has 1 spiro atoms. The monoisotopic (exact) mass is 282 g/mol. The first-order valence-electron chi connectivity index (χ1n) is 8.53. The summed E-state index contributed by atoms with van der Waals surface area (Å²) in [4.78, 5) is 4.91. The second kappa shape index (κ2) is 6.73. The Bertz CT molecular complexity index is 297. The lowest BCUT2D eigenvalue weighted by Gasteiger charge is -2.37. The molecule has 1 aliphatic carbocycles. The van der Waals surface area contributed by atoms with E-state index >= 15 is 0 Å². The van der Waals surface area contributed by atoms with E-state index in [1.807, 2.05) is 0 Å². The Hall–Kier alpha value is -0.160. The third-order valence-corrected chi connectivity index (χ3v) is 5.45. The number of hydrogen-bond acceptors (Lipinski definition) is 4. The third-order valence-electron chi connectivity index (χ3n) is 5.45. The van der Waals surface area contributed by atoms with Gasteiger partial charge in [-0.05, 0) is 25.7 Å². The number of ether oxygens (including phenoxy) is 1. The largest absolute Gasteiger partial charge is 0.395 e. The van der Waals surface area contributed by atoms with Crippen molar-refractivity contribution in [1.82, 2.24) is 9.80 Å². The zero-order valence-electron chi connectivity index (χ0n) is 12.7. The minimum atomic E-state index is 0.266. The van der Waals surface area contributed by atoms with Gasteiger partial charge in [0.25, 0.3) is 0 Å². The number of rotatable bonds is 4. The molecule has 20 heavy (non-hydrogen) atoms. The molecule has 1 N–H and O–H groups in total. The van der Waals surface area contributed by atoms with Crippen LogP contribution < -0.4 is 0 Å². The van der Waals surface area contributed by atoms with Gasteiger partial charge in [-0.25, -0.2) is 0 Å². The first-order valence-corrected chi connectivity index (χ1v) is 8.53. The standard InChI is InChI=1S/C16H30N2O2/c19-13-12-17-8-10-18(11-9-17)14-15-4-7-16(20-15)5-2-1-3-6-16/h15,19H,1-14H2. The fourth-order valence-electron chi connectivity index (χ4n) is 4.21. The molecule has 4 nitrogen and oxygen atoms in total. The molecule has 1 unspecified atom stereocenters. The third kappa shape index (κ3) is 3.53. The van der Waals surface area contributed by atoms with E-state index in [9.17, 15) is 0 Å². The number of β-amino-alcohol motifs (C(OH)–C–C–N with tert-alkyl or cyclic N) is 1. The normalized spacial score (nSPS) is 31.9. The smallest absolute Gasteiger partial charge is 0.0710 e. The molecule has 2 heterocycles. The van der Waals surface area contributed by atoms with Crippen LogP contribution in [0.25, 0.3) is 0 Å². The van der Waals surface area contributed by atoms with Gasteiger partial charge in [0.1, 0.15) is 0 Å². The van der Waals surface area contributed by atoms with Gasteiger partial charge in [-0.2, -0.15) is 0 Å². The van der Waals surface area contributed by atoms with Crippen molar-refractivity contribution in [3.63, 3.8) is 0 Å². The second-order valence-electron chi connectivity index (χ2n) is 6.89. The maximum Gasteiger partial charge on any atom is 0.0710 e. The van der Waals surface area contributed by atoms with Crippen molar-refractivity contribution in [3.05, 3.63) is 0 Å². The summed E-state index contributed by atoms with van der Waals surface area (Å²) in [6.07, 6.45) is 9.76. The van der Waals surface area contributed by atoms with Crippen LogP contribution >= 0.6 is 0 Å². The van der Waals surface area contributed by atoms with E-state index in [0.29, 0.717) is 6.10 Å². The van der Waals surface area contributed by atoms with Gasteiger partial charge in [0.05, 0.1) is 18.3 Å². The molecular weight excluding hydrogens is 252 g/mol. The number of aliphatic hydroxyl groups is 1. The first-order chi connectivity index (χ1) is 9.80. The summed E-state index contributed by atoms with van der Waals surface area (Å²) in [6, 6.07) is 0. The number of nitrogens with zero attached hydrogens (tertiary/aromatic N) is 2. The summed E-state index contributed by atoms with van der Waals surface area (Å²) in [5.74, 6) is 0. The van der Waals surface area contributed by atoms with Gasteiger partial charge in [0.2, 0.25) is 0 Å². The molecule has 3 rings (SSSR count). The Balaban J connectivity index is 1.41. The van der Waals surface area contributed by atoms with Gasteiger partial charge in [-0.3, -0.25) is 9.80 Å². The van der Waals surface area contributed by atoms with Crippen molar-refractivity contribution < 1.29 is 9.84 Å². The lowest BCUT2D eigenvalue weighted by molar-refractivity contribution is -0.0744. The van der Waals surface area contributed by atoms with Crippen LogP contribution in [-0.2, 0) is 4.74 Å². The predicted molar refractivity (Wildman–Crippen MR) is 79.9 cm³/mol. The number of hydrogen-bond donors (Lipinski definition) is 1. The Morgan fingerprint density at radius 1 is 0.950 bits per heavy atom. The van der Waals surface area contributed by atoms with Crippen molar-refractivity contribution >= 4 is 0 Å². The van der Waals surface area contributed by atoms with Gasteiger partial charge in [-0.1, -0.05) is 19.3 Å². The summed E-state index contributed by atoms with van der Waals surface area (Å²) in [5.41, 5.74) is 0.266.